The predicted octanol–water partition coefficient (Wildman–Crippen LogP) is 1.66. The highest BCUT2D eigenvalue weighted by molar-refractivity contribution is 5.21. The quantitative estimate of drug-likeness (QED) is 0.785. The van der Waals surface area contributed by atoms with Crippen molar-refractivity contribution in [3.8, 4) is 5.75 Å². The van der Waals surface area contributed by atoms with Gasteiger partial charge in [-0.2, -0.15) is 0 Å². The summed E-state index contributed by atoms with van der Waals surface area (Å²) in [6, 6.07) is 6.66. The van der Waals surface area contributed by atoms with Gasteiger partial charge >= 0.3 is 0 Å². The first-order chi connectivity index (χ1) is 8.29. The number of hydrogen-bond donors (Lipinski definition) is 1. The van der Waals surface area contributed by atoms with E-state index in [0.717, 1.165) is 6.54 Å². The molecule has 0 heterocycles. The summed E-state index contributed by atoms with van der Waals surface area (Å²) in [6.07, 6.45) is 2.44. The standard InChI is InChI=1S/C13H18FNO2/c14-11-1-5-13(6-2-11)17-10-8-15(7-9-16)12-3-4-12/h1-2,5-6,12,16H,3-4,7-10H2. The van der Waals surface area contributed by atoms with Gasteiger partial charge < -0.3 is 9.84 Å². The van der Waals surface area contributed by atoms with Gasteiger partial charge in [0.25, 0.3) is 0 Å². The smallest absolute Gasteiger partial charge is 0.123 e. The van der Waals surface area contributed by atoms with E-state index in [4.69, 9.17) is 9.84 Å². The SMILES string of the molecule is OCCN(CCOc1ccc(F)cc1)C1CC1. The fraction of sp³-hybridized carbons (Fsp3) is 0.538. The Bertz CT molecular complexity index is 338. The van der Waals surface area contributed by atoms with Crippen LogP contribution in [0.15, 0.2) is 24.3 Å². The van der Waals surface area contributed by atoms with Crippen LogP contribution in [0.1, 0.15) is 12.8 Å². The summed E-state index contributed by atoms with van der Waals surface area (Å²) >= 11 is 0. The summed E-state index contributed by atoms with van der Waals surface area (Å²) in [6.45, 7) is 2.27. The molecule has 0 atom stereocenters. The molecule has 0 aliphatic heterocycles. The third kappa shape index (κ3) is 3.98. The summed E-state index contributed by atoms with van der Waals surface area (Å²) in [5, 5.41) is 8.94. The van der Waals surface area contributed by atoms with Gasteiger partial charge in [-0.3, -0.25) is 4.90 Å². The lowest BCUT2D eigenvalue weighted by Crippen LogP contribution is -2.33. The van der Waals surface area contributed by atoms with E-state index in [2.05, 4.69) is 4.90 Å². The van der Waals surface area contributed by atoms with Crippen molar-refractivity contribution in [1.82, 2.24) is 4.90 Å². The van der Waals surface area contributed by atoms with Crippen LogP contribution in [0, 0.1) is 5.82 Å². The molecule has 0 bridgehead atoms. The molecule has 0 unspecified atom stereocenters. The van der Waals surface area contributed by atoms with Gasteiger partial charge in [0.2, 0.25) is 0 Å². The summed E-state index contributed by atoms with van der Waals surface area (Å²) in [4.78, 5) is 2.24. The third-order valence-electron chi connectivity index (χ3n) is 2.91. The zero-order chi connectivity index (χ0) is 12.1. The van der Waals surface area contributed by atoms with Gasteiger partial charge in [0.15, 0.2) is 0 Å². The normalized spacial score (nSPS) is 15.2. The Hall–Kier alpha value is -1.13. The molecule has 1 aliphatic rings. The maximum Gasteiger partial charge on any atom is 0.123 e. The molecule has 1 saturated carbocycles. The number of ether oxygens (including phenoxy) is 1. The molecule has 3 nitrogen and oxygen atoms in total. The van der Waals surface area contributed by atoms with Gasteiger partial charge in [-0.25, -0.2) is 4.39 Å². The van der Waals surface area contributed by atoms with Crippen molar-refractivity contribution in [3.63, 3.8) is 0 Å². The predicted molar refractivity (Wildman–Crippen MR) is 63.6 cm³/mol. The number of aliphatic hydroxyl groups is 1. The van der Waals surface area contributed by atoms with Gasteiger partial charge in [-0.1, -0.05) is 0 Å². The summed E-state index contributed by atoms with van der Waals surface area (Å²) < 4.78 is 18.2. The van der Waals surface area contributed by atoms with Crippen molar-refractivity contribution < 1.29 is 14.2 Å². The van der Waals surface area contributed by atoms with Crippen LogP contribution in [0.4, 0.5) is 4.39 Å². The van der Waals surface area contributed by atoms with Gasteiger partial charge in [-0.15, -0.1) is 0 Å². The van der Waals surface area contributed by atoms with Gasteiger partial charge in [0.05, 0.1) is 6.61 Å². The van der Waals surface area contributed by atoms with Crippen molar-refractivity contribution in [2.75, 3.05) is 26.3 Å². The van der Waals surface area contributed by atoms with Crippen LogP contribution in [0.2, 0.25) is 0 Å². The van der Waals surface area contributed by atoms with Crippen molar-refractivity contribution >= 4 is 0 Å². The van der Waals surface area contributed by atoms with Crippen LogP contribution < -0.4 is 4.74 Å². The Balaban J connectivity index is 1.72. The molecule has 1 aromatic carbocycles. The lowest BCUT2D eigenvalue weighted by molar-refractivity contribution is 0.162. The minimum Gasteiger partial charge on any atom is -0.492 e. The van der Waals surface area contributed by atoms with Crippen molar-refractivity contribution in [3.05, 3.63) is 30.1 Å². The average Bonchev–Trinajstić information content (AvgIpc) is 3.15. The Kier molecular flexibility index (Phi) is 4.34. The number of nitrogens with zero attached hydrogens (tertiary/aromatic N) is 1. The number of rotatable bonds is 7. The van der Waals surface area contributed by atoms with E-state index in [9.17, 15) is 4.39 Å². The molecule has 2 rings (SSSR count). The average molecular weight is 239 g/mol. The van der Waals surface area contributed by atoms with Crippen LogP contribution >= 0.6 is 0 Å². The Labute approximate surface area is 101 Å². The Morgan fingerprint density at radius 2 is 1.94 bits per heavy atom. The summed E-state index contributed by atoms with van der Waals surface area (Å²) in [5.74, 6) is 0.434. The molecule has 1 fully saturated rings. The van der Waals surface area contributed by atoms with Gasteiger partial charge in [0, 0.05) is 19.1 Å². The maximum atomic E-state index is 12.7. The zero-order valence-electron chi connectivity index (χ0n) is 9.81. The summed E-state index contributed by atoms with van der Waals surface area (Å²) in [5.41, 5.74) is 0. The van der Waals surface area contributed by atoms with E-state index in [0.29, 0.717) is 24.9 Å². The molecule has 0 radical (unpaired) electrons. The molecule has 0 saturated heterocycles. The minimum absolute atomic E-state index is 0.188. The second kappa shape index (κ2) is 5.98. The third-order valence-corrected chi connectivity index (χ3v) is 2.91. The highest BCUT2D eigenvalue weighted by Crippen LogP contribution is 2.26. The van der Waals surface area contributed by atoms with Gasteiger partial charge in [0.1, 0.15) is 18.2 Å². The largest absolute Gasteiger partial charge is 0.492 e. The van der Waals surface area contributed by atoms with Crippen LogP contribution in [0.5, 0.6) is 5.75 Å². The van der Waals surface area contributed by atoms with Crippen molar-refractivity contribution in [2.24, 2.45) is 0 Å². The van der Waals surface area contributed by atoms with E-state index in [-0.39, 0.29) is 12.4 Å². The number of aliphatic hydroxyl groups excluding tert-OH is 1. The van der Waals surface area contributed by atoms with Crippen LogP contribution in [0.3, 0.4) is 0 Å². The lowest BCUT2D eigenvalue weighted by Gasteiger charge is -2.20. The molecular weight excluding hydrogens is 221 g/mol. The second-order valence-corrected chi connectivity index (χ2v) is 4.29. The monoisotopic (exact) mass is 239 g/mol. The molecule has 17 heavy (non-hydrogen) atoms. The van der Waals surface area contributed by atoms with Crippen molar-refractivity contribution in [1.29, 1.82) is 0 Å². The number of hydrogen-bond acceptors (Lipinski definition) is 3. The summed E-state index contributed by atoms with van der Waals surface area (Å²) in [7, 11) is 0. The first-order valence-electron chi connectivity index (χ1n) is 6.03. The molecule has 1 aromatic rings. The molecule has 4 heteroatoms. The molecule has 94 valence electrons. The second-order valence-electron chi connectivity index (χ2n) is 4.29. The molecule has 1 N–H and O–H groups in total. The van der Waals surface area contributed by atoms with E-state index in [1.807, 2.05) is 0 Å². The Morgan fingerprint density at radius 1 is 1.24 bits per heavy atom. The lowest BCUT2D eigenvalue weighted by atomic mass is 10.3. The van der Waals surface area contributed by atoms with E-state index in [1.165, 1.54) is 25.0 Å². The minimum atomic E-state index is -0.253. The fourth-order valence-corrected chi connectivity index (χ4v) is 1.86. The maximum absolute atomic E-state index is 12.7. The van der Waals surface area contributed by atoms with Crippen LogP contribution in [0.25, 0.3) is 0 Å². The topological polar surface area (TPSA) is 32.7 Å². The van der Waals surface area contributed by atoms with Crippen LogP contribution in [-0.2, 0) is 0 Å². The molecule has 0 aromatic heterocycles. The number of halogens is 1. The number of benzene rings is 1. The highest BCUT2D eigenvalue weighted by Gasteiger charge is 2.28. The fourth-order valence-electron chi connectivity index (χ4n) is 1.86. The first-order valence-corrected chi connectivity index (χ1v) is 6.03. The van der Waals surface area contributed by atoms with E-state index in [1.54, 1.807) is 12.1 Å². The molecular formula is C13H18FNO2. The highest BCUT2D eigenvalue weighted by atomic mass is 19.1. The van der Waals surface area contributed by atoms with Gasteiger partial charge in [-0.05, 0) is 37.1 Å². The van der Waals surface area contributed by atoms with Crippen molar-refractivity contribution in [2.45, 2.75) is 18.9 Å². The Morgan fingerprint density at radius 3 is 2.53 bits per heavy atom. The van der Waals surface area contributed by atoms with Crippen LogP contribution in [-0.4, -0.2) is 42.4 Å². The molecule has 0 spiro atoms. The molecule has 1 aliphatic carbocycles. The zero-order valence-corrected chi connectivity index (χ0v) is 9.81. The molecule has 0 amide bonds. The first kappa shape index (κ1) is 12.3. The van der Waals surface area contributed by atoms with E-state index >= 15 is 0 Å². The van der Waals surface area contributed by atoms with E-state index < -0.39 is 0 Å².